The molecule has 42 heavy (non-hydrogen) atoms. The van der Waals surface area contributed by atoms with Crippen molar-refractivity contribution < 1.29 is 33.9 Å². The molecule has 0 radical (unpaired) electrons. The van der Waals surface area contributed by atoms with E-state index in [0.717, 1.165) is 54.4 Å². The van der Waals surface area contributed by atoms with Gasteiger partial charge in [-0.15, -0.1) is 0 Å². The minimum atomic E-state index is -1.09. The van der Waals surface area contributed by atoms with Crippen molar-refractivity contribution in [1.29, 1.82) is 0 Å². The molecule has 220 valence electrons. The number of nitrogens with zero attached hydrogens (tertiary/aromatic N) is 1. The van der Waals surface area contributed by atoms with Gasteiger partial charge in [0.05, 0.1) is 24.5 Å². The van der Waals surface area contributed by atoms with Crippen LogP contribution in [0, 0.1) is 23.6 Å². The molecule has 3 fully saturated rings. The second-order valence-corrected chi connectivity index (χ2v) is 12.1. The van der Waals surface area contributed by atoms with E-state index in [0.29, 0.717) is 24.8 Å². The summed E-state index contributed by atoms with van der Waals surface area (Å²) in [4.78, 5) is 29.0. The van der Waals surface area contributed by atoms with E-state index in [1.165, 1.54) is 17.0 Å². The van der Waals surface area contributed by atoms with Gasteiger partial charge in [-0.25, -0.2) is 4.39 Å². The lowest BCUT2D eigenvalue weighted by Crippen LogP contribution is -2.47. The lowest BCUT2D eigenvalue weighted by Gasteiger charge is -2.43. The number of allylic oxidation sites excluding steroid dienone is 1. The van der Waals surface area contributed by atoms with Gasteiger partial charge in [0.25, 0.3) is 0 Å². The van der Waals surface area contributed by atoms with Gasteiger partial charge in [0.2, 0.25) is 11.8 Å². The average molecular weight is 573 g/mol. The molecule has 2 aromatic rings. The molecule has 2 aromatic carbocycles. The van der Waals surface area contributed by atoms with Crippen molar-refractivity contribution in [2.75, 3.05) is 6.61 Å². The van der Waals surface area contributed by atoms with Crippen LogP contribution in [0.5, 0.6) is 5.75 Å². The summed E-state index contributed by atoms with van der Waals surface area (Å²) in [7, 11) is -1.09. The van der Waals surface area contributed by atoms with E-state index in [1.54, 1.807) is 6.07 Å². The summed E-state index contributed by atoms with van der Waals surface area (Å²) >= 11 is 0. The zero-order valence-electron chi connectivity index (χ0n) is 23.6. The summed E-state index contributed by atoms with van der Waals surface area (Å²) in [6.45, 7) is -0.232. The maximum atomic E-state index is 14.1. The Labute approximate surface area is 245 Å². The highest BCUT2D eigenvalue weighted by Gasteiger charge is 2.58. The molecule has 2 amide bonds. The van der Waals surface area contributed by atoms with Gasteiger partial charge in [0.15, 0.2) is 11.6 Å². The number of rotatable bonds is 7. The van der Waals surface area contributed by atoms with E-state index in [9.17, 15) is 29.2 Å². The average Bonchev–Trinajstić information content (AvgIpc) is 3.26. The molecule has 4 aliphatic rings. The molecule has 2 heterocycles. The van der Waals surface area contributed by atoms with Crippen LogP contribution in [0.2, 0.25) is 6.32 Å². The first-order valence-corrected chi connectivity index (χ1v) is 15.1. The molecule has 9 heteroatoms. The topological polar surface area (TPSA) is 107 Å². The van der Waals surface area contributed by atoms with Crippen molar-refractivity contribution in [1.82, 2.24) is 4.90 Å². The molecule has 4 atom stereocenters. The van der Waals surface area contributed by atoms with E-state index < -0.39 is 36.6 Å². The van der Waals surface area contributed by atoms with Crippen molar-refractivity contribution in [2.45, 2.75) is 69.8 Å². The number of aliphatic hydroxyl groups is 1. The molecule has 0 unspecified atom stereocenters. The van der Waals surface area contributed by atoms with Gasteiger partial charge in [-0.1, -0.05) is 61.7 Å². The predicted molar refractivity (Wildman–Crippen MR) is 157 cm³/mol. The first-order valence-electron chi connectivity index (χ1n) is 15.1. The van der Waals surface area contributed by atoms with Crippen LogP contribution in [0.3, 0.4) is 0 Å². The van der Waals surface area contributed by atoms with Crippen molar-refractivity contribution in [3.05, 3.63) is 76.6 Å². The van der Waals surface area contributed by atoms with Gasteiger partial charge >= 0.3 is 7.12 Å². The first kappa shape index (κ1) is 28.8. The largest absolute Gasteiger partial charge is 0.505 e. The maximum absolute atomic E-state index is 14.1. The Kier molecular flexibility index (Phi) is 8.34. The third kappa shape index (κ3) is 5.45. The molecular formula is C33H37BFNO6. The fraction of sp³-hybridized carbons (Fsp3) is 0.455. The standard InChI is InChI=1S/C33H37BFNO6/c35-27-16-20(11-13-28(27)38)15-22(21-7-3-1-4-8-21)12-14-29-30-23(19-37)17-25-31(26(30)18-34(41)42-29)33(40)36(32(25)39)24-9-5-2-6-10-24/h1,3-4,7-8,11,13,15-16,24-26,29,31,37-38,41H,2,5-6,9-10,12,14,17-19H2/b22-15-/t25-,26+,29-,31-/m1/s1. The highest BCUT2D eigenvalue weighted by molar-refractivity contribution is 6.43. The Bertz CT molecular complexity index is 1400. The quantitative estimate of drug-likeness (QED) is 0.187. The summed E-state index contributed by atoms with van der Waals surface area (Å²) in [5.74, 6) is -2.81. The number of imide groups is 1. The number of hydrogen-bond acceptors (Lipinski definition) is 6. The van der Waals surface area contributed by atoms with E-state index in [-0.39, 0.29) is 36.7 Å². The number of fused-ring (bicyclic) bond motifs is 3. The Morgan fingerprint density at radius 2 is 1.81 bits per heavy atom. The van der Waals surface area contributed by atoms with Crippen LogP contribution >= 0.6 is 0 Å². The SMILES string of the molecule is O=C1[C@@H]2[C@@H](CC(CO)=C3[C@@H](CC/C(=C/c4ccc(O)c(F)c4)c4ccccc4)OB(O)C[C@@H]32)C(=O)N1C1CCCCC1. The van der Waals surface area contributed by atoms with E-state index >= 15 is 0 Å². The number of benzene rings is 2. The second kappa shape index (κ2) is 12.2. The van der Waals surface area contributed by atoms with E-state index in [1.807, 2.05) is 36.4 Å². The van der Waals surface area contributed by atoms with Gasteiger partial charge < -0.3 is 19.9 Å². The number of phenols is 1. The first-order chi connectivity index (χ1) is 20.4. The summed E-state index contributed by atoms with van der Waals surface area (Å²) in [5.41, 5.74) is 4.03. The monoisotopic (exact) mass is 573 g/mol. The Morgan fingerprint density at radius 1 is 1.05 bits per heavy atom. The number of carbonyl (C=O) groups excluding carboxylic acids is 2. The number of aliphatic hydroxyl groups excluding tert-OH is 1. The predicted octanol–water partition coefficient (Wildman–Crippen LogP) is 4.97. The molecule has 2 saturated heterocycles. The molecule has 6 rings (SSSR count). The smallest absolute Gasteiger partial charge is 0.455 e. The molecule has 3 N–H and O–H groups in total. The third-order valence-electron chi connectivity index (χ3n) is 9.61. The number of aromatic hydroxyl groups is 1. The Morgan fingerprint density at radius 3 is 2.52 bits per heavy atom. The molecule has 1 saturated carbocycles. The lowest BCUT2D eigenvalue weighted by molar-refractivity contribution is -0.143. The molecule has 0 aromatic heterocycles. The highest BCUT2D eigenvalue weighted by Crippen LogP contribution is 2.51. The van der Waals surface area contributed by atoms with Gasteiger partial charge in [-0.3, -0.25) is 14.5 Å². The van der Waals surface area contributed by atoms with Crippen molar-refractivity contribution >= 4 is 30.6 Å². The van der Waals surface area contributed by atoms with Crippen molar-refractivity contribution in [3.8, 4) is 5.75 Å². The summed E-state index contributed by atoms with van der Waals surface area (Å²) < 4.78 is 20.2. The fourth-order valence-electron chi connectivity index (χ4n) is 7.69. The van der Waals surface area contributed by atoms with Gasteiger partial charge in [0.1, 0.15) is 0 Å². The highest BCUT2D eigenvalue weighted by atomic mass is 19.1. The second-order valence-electron chi connectivity index (χ2n) is 12.1. The van der Waals surface area contributed by atoms with E-state index in [4.69, 9.17) is 4.65 Å². The molecule has 0 spiro atoms. The zero-order chi connectivity index (χ0) is 29.4. The van der Waals surface area contributed by atoms with Gasteiger partial charge in [-0.05, 0) is 84.3 Å². The number of carbonyl (C=O) groups is 2. The minimum Gasteiger partial charge on any atom is -0.505 e. The molecule has 7 nitrogen and oxygen atoms in total. The zero-order valence-corrected chi connectivity index (χ0v) is 23.6. The number of likely N-dealkylation sites (tertiary alicyclic amines) is 1. The van der Waals surface area contributed by atoms with Crippen LogP contribution in [0.1, 0.15) is 62.5 Å². The Hall–Kier alpha value is -3.27. The number of phenolic OH excluding ortho intramolecular Hbond substituents is 1. The number of halogens is 1. The lowest BCUT2D eigenvalue weighted by atomic mass is 9.58. The number of amides is 2. The summed E-state index contributed by atoms with van der Waals surface area (Å²) in [6, 6.07) is 13.9. The number of hydrogen-bond donors (Lipinski definition) is 3. The van der Waals surface area contributed by atoms with Crippen LogP contribution in [0.15, 0.2) is 59.7 Å². The molecule has 2 aliphatic heterocycles. The summed E-state index contributed by atoms with van der Waals surface area (Å²) in [6.07, 6.45) is 7.63. The van der Waals surface area contributed by atoms with Crippen molar-refractivity contribution in [3.63, 3.8) is 0 Å². The van der Waals surface area contributed by atoms with Gasteiger partial charge in [0, 0.05) is 6.04 Å². The Balaban J connectivity index is 1.29. The fourth-order valence-corrected chi connectivity index (χ4v) is 7.69. The maximum Gasteiger partial charge on any atom is 0.455 e. The van der Waals surface area contributed by atoms with Crippen LogP contribution < -0.4 is 0 Å². The molecule has 2 aliphatic carbocycles. The van der Waals surface area contributed by atoms with Gasteiger partial charge in [-0.2, -0.15) is 0 Å². The van der Waals surface area contributed by atoms with Crippen LogP contribution in [0.25, 0.3) is 11.6 Å². The third-order valence-corrected chi connectivity index (χ3v) is 9.61. The van der Waals surface area contributed by atoms with Crippen LogP contribution in [-0.4, -0.2) is 57.8 Å². The van der Waals surface area contributed by atoms with Crippen LogP contribution in [-0.2, 0) is 14.2 Å². The molecule has 0 bridgehead atoms. The normalized spacial score (nSPS) is 27.0. The van der Waals surface area contributed by atoms with E-state index in [2.05, 4.69) is 0 Å². The van der Waals surface area contributed by atoms with Crippen LogP contribution in [0.4, 0.5) is 4.39 Å². The van der Waals surface area contributed by atoms with Crippen molar-refractivity contribution in [2.24, 2.45) is 17.8 Å². The minimum absolute atomic E-state index is 0.0609. The summed E-state index contributed by atoms with van der Waals surface area (Å²) in [5, 5.41) is 30.9. The molecular weight excluding hydrogens is 536 g/mol.